The summed E-state index contributed by atoms with van der Waals surface area (Å²) in [5, 5.41) is 9.36. The molecule has 0 atom stereocenters. The lowest BCUT2D eigenvalue weighted by Gasteiger charge is -2.21. The molecular formula is C19H23NO3S. The van der Waals surface area contributed by atoms with Gasteiger partial charge in [-0.05, 0) is 30.2 Å². The van der Waals surface area contributed by atoms with Gasteiger partial charge < -0.3 is 9.84 Å². The van der Waals surface area contributed by atoms with Gasteiger partial charge >= 0.3 is 5.97 Å². The third kappa shape index (κ3) is 4.76. The van der Waals surface area contributed by atoms with E-state index in [0.717, 1.165) is 30.0 Å². The van der Waals surface area contributed by atoms with Crippen molar-refractivity contribution in [1.82, 2.24) is 4.90 Å². The third-order valence-electron chi connectivity index (χ3n) is 3.88. The average Bonchev–Trinajstić information content (AvgIpc) is 2.76. The van der Waals surface area contributed by atoms with Gasteiger partial charge in [0.15, 0.2) is 0 Å². The summed E-state index contributed by atoms with van der Waals surface area (Å²) in [6, 6.07) is 7.19. The lowest BCUT2D eigenvalue weighted by Crippen LogP contribution is -2.27. The first-order chi connectivity index (χ1) is 11.5. The van der Waals surface area contributed by atoms with Gasteiger partial charge in [-0.3, -0.25) is 4.90 Å². The van der Waals surface area contributed by atoms with Crippen molar-refractivity contribution in [1.29, 1.82) is 0 Å². The zero-order valence-corrected chi connectivity index (χ0v) is 14.9. The zero-order chi connectivity index (χ0) is 17.5. The SMILES string of the molecule is C=C(/C=C1/CN(Cc2ccccc2C(=O)O)CCS/C1=C/C)OC. The van der Waals surface area contributed by atoms with E-state index in [0.29, 0.717) is 17.9 Å². The Morgan fingerprint density at radius 2 is 2.21 bits per heavy atom. The summed E-state index contributed by atoms with van der Waals surface area (Å²) in [5.41, 5.74) is 2.36. The molecule has 0 radical (unpaired) electrons. The van der Waals surface area contributed by atoms with Crippen LogP contribution in [0, 0.1) is 0 Å². The number of carboxylic acids is 1. The number of aromatic carboxylic acids is 1. The Morgan fingerprint density at radius 1 is 1.46 bits per heavy atom. The Labute approximate surface area is 147 Å². The second kappa shape index (κ2) is 8.76. The Kier molecular flexibility index (Phi) is 6.70. The molecule has 0 aliphatic carbocycles. The summed E-state index contributed by atoms with van der Waals surface area (Å²) < 4.78 is 5.19. The minimum atomic E-state index is -0.882. The number of nitrogens with zero attached hydrogens (tertiary/aromatic N) is 1. The van der Waals surface area contributed by atoms with E-state index >= 15 is 0 Å². The molecule has 1 N–H and O–H groups in total. The van der Waals surface area contributed by atoms with Crippen molar-refractivity contribution in [3.05, 3.63) is 70.4 Å². The van der Waals surface area contributed by atoms with Gasteiger partial charge in [0.05, 0.1) is 12.7 Å². The molecular weight excluding hydrogens is 322 g/mol. The monoisotopic (exact) mass is 345 g/mol. The number of ether oxygens (including phenoxy) is 1. The molecule has 1 aliphatic heterocycles. The van der Waals surface area contributed by atoms with Gasteiger partial charge in [0.1, 0.15) is 5.76 Å². The summed E-state index contributed by atoms with van der Waals surface area (Å²) >= 11 is 1.81. The van der Waals surface area contributed by atoms with Crippen LogP contribution < -0.4 is 0 Å². The molecule has 0 aromatic heterocycles. The van der Waals surface area contributed by atoms with Crippen LogP contribution in [-0.4, -0.2) is 41.9 Å². The van der Waals surface area contributed by atoms with Crippen molar-refractivity contribution >= 4 is 17.7 Å². The Hall–Kier alpha value is -1.98. The highest BCUT2D eigenvalue weighted by Gasteiger charge is 2.19. The summed E-state index contributed by atoms with van der Waals surface area (Å²) in [7, 11) is 1.61. The molecule has 1 aliphatic rings. The molecule has 0 unspecified atom stereocenters. The number of methoxy groups -OCH3 is 1. The van der Waals surface area contributed by atoms with Gasteiger partial charge in [0.2, 0.25) is 0 Å². The lowest BCUT2D eigenvalue weighted by atomic mass is 10.1. The predicted octanol–water partition coefficient (Wildman–Crippen LogP) is 3.92. The Morgan fingerprint density at radius 3 is 2.88 bits per heavy atom. The van der Waals surface area contributed by atoms with Gasteiger partial charge in [0, 0.05) is 30.3 Å². The van der Waals surface area contributed by atoms with Crippen molar-refractivity contribution in [2.45, 2.75) is 13.5 Å². The molecule has 128 valence electrons. The van der Waals surface area contributed by atoms with Crippen LogP contribution in [-0.2, 0) is 11.3 Å². The fraction of sp³-hybridized carbons (Fsp3) is 0.316. The maximum Gasteiger partial charge on any atom is 0.336 e. The van der Waals surface area contributed by atoms with E-state index in [1.54, 1.807) is 19.2 Å². The first-order valence-electron chi connectivity index (χ1n) is 7.81. The molecule has 0 amide bonds. The topological polar surface area (TPSA) is 49.8 Å². The van der Waals surface area contributed by atoms with Crippen LogP contribution >= 0.6 is 11.8 Å². The molecule has 4 nitrogen and oxygen atoms in total. The quantitative estimate of drug-likeness (QED) is 0.820. The van der Waals surface area contributed by atoms with E-state index in [2.05, 4.69) is 17.6 Å². The molecule has 1 aromatic rings. The van der Waals surface area contributed by atoms with Crippen LogP contribution in [0.5, 0.6) is 0 Å². The smallest absolute Gasteiger partial charge is 0.336 e. The predicted molar refractivity (Wildman–Crippen MR) is 99.1 cm³/mol. The summed E-state index contributed by atoms with van der Waals surface area (Å²) in [6.45, 7) is 8.15. The number of benzene rings is 1. The molecule has 0 saturated carbocycles. The first kappa shape index (κ1) is 18.4. The maximum atomic E-state index is 11.4. The van der Waals surface area contributed by atoms with Crippen molar-refractivity contribution in [3.8, 4) is 0 Å². The fourth-order valence-electron chi connectivity index (χ4n) is 2.66. The minimum absolute atomic E-state index is 0.368. The lowest BCUT2D eigenvalue weighted by molar-refractivity contribution is 0.0694. The van der Waals surface area contributed by atoms with E-state index in [4.69, 9.17) is 4.74 Å². The molecule has 5 heteroatoms. The van der Waals surface area contributed by atoms with E-state index in [1.807, 2.05) is 36.9 Å². The van der Waals surface area contributed by atoms with Gasteiger partial charge in [-0.1, -0.05) is 30.9 Å². The van der Waals surface area contributed by atoms with E-state index in [-0.39, 0.29) is 0 Å². The standard InChI is InChI=1S/C19H23NO3S/c1-4-18-16(11-14(2)23-3)13-20(9-10-24-18)12-15-7-5-6-8-17(15)19(21)22/h4-8,11H,2,9-10,12-13H2,1,3H3,(H,21,22)/b16-11-,18-4+. The van der Waals surface area contributed by atoms with E-state index < -0.39 is 5.97 Å². The first-order valence-corrected chi connectivity index (χ1v) is 8.80. The molecule has 1 aromatic carbocycles. The van der Waals surface area contributed by atoms with Crippen molar-refractivity contribution in [3.63, 3.8) is 0 Å². The number of hydrogen-bond donors (Lipinski definition) is 1. The van der Waals surface area contributed by atoms with Gasteiger partial charge in [-0.2, -0.15) is 0 Å². The summed E-state index contributed by atoms with van der Waals surface area (Å²) in [4.78, 5) is 14.9. The molecule has 24 heavy (non-hydrogen) atoms. The largest absolute Gasteiger partial charge is 0.497 e. The number of rotatable bonds is 5. The average molecular weight is 345 g/mol. The van der Waals surface area contributed by atoms with Crippen LogP contribution in [0.4, 0.5) is 0 Å². The number of hydrogen-bond acceptors (Lipinski definition) is 4. The van der Waals surface area contributed by atoms with E-state index in [9.17, 15) is 9.90 Å². The van der Waals surface area contributed by atoms with Crippen LogP contribution in [0.2, 0.25) is 0 Å². The Bertz CT molecular complexity index is 679. The van der Waals surface area contributed by atoms with Crippen molar-refractivity contribution in [2.24, 2.45) is 0 Å². The summed E-state index contributed by atoms with van der Waals surface area (Å²) in [6.07, 6.45) is 4.07. The molecule has 2 rings (SSSR count). The Balaban J connectivity index is 2.24. The highest BCUT2D eigenvalue weighted by atomic mass is 32.2. The normalized spacial score (nSPS) is 19.2. The second-order valence-electron chi connectivity index (χ2n) is 5.51. The number of thioether (sulfide) groups is 1. The van der Waals surface area contributed by atoms with Crippen LogP contribution in [0.15, 0.2) is 59.2 Å². The number of carbonyl (C=O) groups is 1. The van der Waals surface area contributed by atoms with Gasteiger partial charge in [0.25, 0.3) is 0 Å². The number of carboxylic acid groups (broad SMARTS) is 1. The van der Waals surface area contributed by atoms with Crippen LogP contribution in [0.25, 0.3) is 0 Å². The molecule has 1 heterocycles. The van der Waals surface area contributed by atoms with Crippen LogP contribution in [0.1, 0.15) is 22.8 Å². The molecule has 0 spiro atoms. The molecule has 1 fully saturated rings. The molecule has 0 bridgehead atoms. The zero-order valence-electron chi connectivity index (χ0n) is 14.1. The molecule has 1 saturated heterocycles. The highest BCUT2D eigenvalue weighted by Crippen LogP contribution is 2.30. The number of allylic oxidation sites excluding steroid dienone is 2. The van der Waals surface area contributed by atoms with Crippen molar-refractivity contribution < 1.29 is 14.6 Å². The van der Waals surface area contributed by atoms with Crippen LogP contribution in [0.3, 0.4) is 0 Å². The van der Waals surface area contributed by atoms with Crippen molar-refractivity contribution in [2.75, 3.05) is 26.0 Å². The highest BCUT2D eigenvalue weighted by molar-refractivity contribution is 8.03. The fourth-order valence-corrected chi connectivity index (χ4v) is 3.70. The third-order valence-corrected chi connectivity index (χ3v) is 5.07. The minimum Gasteiger partial charge on any atom is -0.497 e. The van der Waals surface area contributed by atoms with Gasteiger partial charge in [-0.25, -0.2) is 4.79 Å². The summed E-state index contributed by atoms with van der Waals surface area (Å²) in [5.74, 6) is 0.705. The maximum absolute atomic E-state index is 11.4. The van der Waals surface area contributed by atoms with E-state index in [1.165, 1.54) is 4.91 Å². The van der Waals surface area contributed by atoms with Gasteiger partial charge in [-0.15, -0.1) is 11.8 Å². The second-order valence-corrected chi connectivity index (χ2v) is 6.65.